The average molecular weight is 449 g/mol. The van der Waals surface area contributed by atoms with Crippen LogP contribution in [0.15, 0.2) is 64.6 Å². The normalized spacial score (nSPS) is 15.7. The van der Waals surface area contributed by atoms with E-state index >= 15 is 0 Å². The van der Waals surface area contributed by atoms with E-state index in [0.29, 0.717) is 25.4 Å². The van der Waals surface area contributed by atoms with Gasteiger partial charge < -0.3 is 9.32 Å². The molecule has 1 fully saturated rings. The number of rotatable bonds is 6. The smallest absolute Gasteiger partial charge is 0.289 e. The van der Waals surface area contributed by atoms with Gasteiger partial charge in [0.1, 0.15) is 0 Å². The quantitative estimate of drug-likeness (QED) is 0.451. The summed E-state index contributed by atoms with van der Waals surface area (Å²) in [7, 11) is 0. The van der Waals surface area contributed by atoms with Gasteiger partial charge in [0.05, 0.1) is 18.8 Å². The van der Waals surface area contributed by atoms with Crippen molar-refractivity contribution in [3.63, 3.8) is 0 Å². The Morgan fingerprint density at radius 3 is 2.59 bits per heavy atom. The molecule has 0 aliphatic carbocycles. The van der Waals surface area contributed by atoms with E-state index in [1.54, 1.807) is 23.5 Å². The van der Waals surface area contributed by atoms with Crippen molar-refractivity contribution in [3.05, 3.63) is 87.8 Å². The molecule has 1 atom stereocenters. The molecule has 0 bridgehead atoms. The highest BCUT2D eigenvalue weighted by molar-refractivity contribution is 7.09. The number of hydrogen-bond acceptors (Lipinski definition) is 7. The van der Waals surface area contributed by atoms with Crippen molar-refractivity contribution < 1.29 is 9.21 Å². The molecular formula is C23H24N6O2S. The largest absolute Gasteiger partial charge is 0.459 e. The van der Waals surface area contributed by atoms with Crippen LogP contribution in [0.4, 0.5) is 0 Å². The number of amides is 1. The molecule has 0 unspecified atom stereocenters. The zero-order valence-corrected chi connectivity index (χ0v) is 18.6. The zero-order chi connectivity index (χ0) is 21.9. The maximum Gasteiger partial charge on any atom is 0.289 e. The molecular weight excluding hydrogens is 424 g/mol. The van der Waals surface area contributed by atoms with Crippen LogP contribution in [0, 0.1) is 6.92 Å². The summed E-state index contributed by atoms with van der Waals surface area (Å²) in [6.07, 6.45) is 1.53. The molecule has 32 heavy (non-hydrogen) atoms. The molecule has 4 aromatic rings. The third-order valence-electron chi connectivity index (χ3n) is 5.78. The van der Waals surface area contributed by atoms with E-state index < -0.39 is 0 Å². The fourth-order valence-electron chi connectivity index (χ4n) is 4.08. The number of aromatic nitrogens is 4. The summed E-state index contributed by atoms with van der Waals surface area (Å²) in [4.78, 5) is 18.1. The Bertz CT molecular complexity index is 1150. The van der Waals surface area contributed by atoms with Crippen LogP contribution in [0.5, 0.6) is 0 Å². The molecule has 8 nitrogen and oxygen atoms in total. The van der Waals surface area contributed by atoms with E-state index in [0.717, 1.165) is 24.5 Å². The van der Waals surface area contributed by atoms with Gasteiger partial charge in [-0.25, -0.2) is 4.68 Å². The Balaban J connectivity index is 1.40. The second-order valence-electron chi connectivity index (χ2n) is 7.89. The molecule has 1 saturated heterocycles. The molecule has 0 saturated carbocycles. The summed E-state index contributed by atoms with van der Waals surface area (Å²) in [5.41, 5.74) is 2.35. The number of tetrazole rings is 1. The maximum absolute atomic E-state index is 12.7. The fraction of sp³-hybridized carbons (Fsp3) is 0.304. The number of thiophene rings is 1. The first-order valence-corrected chi connectivity index (χ1v) is 11.5. The predicted molar refractivity (Wildman–Crippen MR) is 120 cm³/mol. The number of furan rings is 1. The molecule has 9 heteroatoms. The minimum absolute atomic E-state index is 0.0657. The number of benzene rings is 1. The van der Waals surface area contributed by atoms with Crippen molar-refractivity contribution in [2.24, 2.45) is 0 Å². The Morgan fingerprint density at radius 2 is 1.91 bits per heavy atom. The molecule has 1 aliphatic rings. The lowest BCUT2D eigenvalue weighted by Crippen LogP contribution is -2.50. The highest BCUT2D eigenvalue weighted by Crippen LogP contribution is 2.29. The van der Waals surface area contributed by atoms with Crippen LogP contribution in [0.25, 0.3) is 0 Å². The Kier molecular flexibility index (Phi) is 5.83. The zero-order valence-electron chi connectivity index (χ0n) is 17.8. The number of aryl methyl sites for hydroxylation is 1. The Hall–Kier alpha value is -3.30. The molecule has 164 valence electrons. The van der Waals surface area contributed by atoms with Gasteiger partial charge in [-0.15, -0.1) is 16.4 Å². The molecule has 1 amide bonds. The van der Waals surface area contributed by atoms with Crippen LogP contribution in [-0.2, 0) is 6.54 Å². The summed E-state index contributed by atoms with van der Waals surface area (Å²) < 4.78 is 7.18. The van der Waals surface area contributed by atoms with Gasteiger partial charge in [-0.1, -0.05) is 35.9 Å². The number of carbonyl (C=O) groups is 1. The molecule has 1 aliphatic heterocycles. The van der Waals surface area contributed by atoms with E-state index in [2.05, 4.69) is 63.1 Å². The summed E-state index contributed by atoms with van der Waals surface area (Å²) in [6, 6.07) is 16.0. The van der Waals surface area contributed by atoms with E-state index in [1.165, 1.54) is 16.7 Å². The maximum atomic E-state index is 12.7. The SMILES string of the molecule is Cc1ccc([C@H](c2nnnn2Cc2cccs2)N2CCN(C(=O)c3ccco3)CC2)cc1. The molecule has 0 radical (unpaired) electrons. The lowest BCUT2D eigenvalue weighted by molar-refractivity contribution is 0.0559. The molecule has 4 heterocycles. The van der Waals surface area contributed by atoms with Crippen LogP contribution in [0.3, 0.4) is 0 Å². The van der Waals surface area contributed by atoms with E-state index in [9.17, 15) is 4.79 Å². The van der Waals surface area contributed by atoms with Gasteiger partial charge in [-0.2, -0.15) is 0 Å². The second-order valence-corrected chi connectivity index (χ2v) is 8.93. The summed E-state index contributed by atoms with van der Waals surface area (Å²) in [6.45, 7) is 5.40. The lowest BCUT2D eigenvalue weighted by Gasteiger charge is -2.38. The fourth-order valence-corrected chi connectivity index (χ4v) is 4.77. The van der Waals surface area contributed by atoms with Gasteiger partial charge in [0.25, 0.3) is 5.91 Å². The van der Waals surface area contributed by atoms with Gasteiger partial charge in [0.2, 0.25) is 0 Å². The van der Waals surface area contributed by atoms with Crippen molar-refractivity contribution in [2.45, 2.75) is 19.5 Å². The summed E-state index contributed by atoms with van der Waals surface area (Å²) in [5.74, 6) is 1.13. The topological polar surface area (TPSA) is 80.3 Å². The third kappa shape index (κ3) is 4.21. The first-order valence-electron chi connectivity index (χ1n) is 10.6. The standard InChI is InChI=1S/C23H24N6O2S/c1-17-6-8-18(9-7-17)21(22-24-25-26-29(22)16-19-4-3-15-32-19)27-10-12-28(13-11-27)23(30)20-5-2-14-31-20/h2-9,14-15,21H,10-13,16H2,1H3/t21-/m1/s1. The van der Waals surface area contributed by atoms with Crippen LogP contribution in [-0.4, -0.2) is 62.1 Å². The minimum Gasteiger partial charge on any atom is -0.459 e. The van der Waals surface area contributed by atoms with E-state index in [1.807, 2.05) is 15.6 Å². The number of nitrogens with zero attached hydrogens (tertiary/aromatic N) is 6. The number of hydrogen-bond donors (Lipinski definition) is 0. The van der Waals surface area contributed by atoms with Gasteiger partial charge in [-0.05, 0) is 46.5 Å². The summed E-state index contributed by atoms with van der Waals surface area (Å²) in [5, 5.41) is 14.8. The molecule has 5 rings (SSSR count). The molecule has 0 N–H and O–H groups in total. The monoisotopic (exact) mass is 448 g/mol. The van der Waals surface area contributed by atoms with Gasteiger partial charge >= 0.3 is 0 Å². The first-order chi connectivity index (χ1) is 15.7. The lowest BCUT2D eigenvalue weighted by atomic mass is 10.0. The van der Waals surface area contributed by atoms with Crippen molar-refractivity contribution in [3.8, 4) is 0 Å². The van der Waals surface area contributed by atoms with Crippen LogP contribution in [0.2, 0.25) is 0 Å². The van der Waals surface area contributed by atoms with Crippen molar-refractivity contribution in [1.82, 2.24) is 30.0 Å². The number of piperazine rings is 1. The van der Waals surface area contributed by atoms with Crippen molar-refractivity contribution >= 4 is 17.2 Å². The average Bonchev–Trinajstić information content (AvgIpc) is 3.60. The molecule has 0 spiro atoms. The predicted octanol–water partition coefficient (Wildman–Crippen LogP) is 3.23. The van der Waals surface area contributed by atoms with Gasteiger partial charge in [0, 0.05) is 31.1 Å². The Labute approximate surface area is 190 Å². The minimum atomic E-state index is -0.0913. The van der Waals surface area contributed by atoms with Crippen molar-refractivity contribution in [1.29, 1.82) is 0 Å². The first kappa shape index (κ1) is 20.6. The highest BCUT2D eigenvalue weighted by atomic mass is 32.1. The van der Waals surface area contributed by atoms with Crippen LogP contribution < -0.4 is 0 Å². The highest BCUT2D eigenvalue weighted by Gasteiger charge is 2.32. The molecule has 1 aromatic carbocycles. The molecule has 3 aromatic heterocycles. The van der Waals surface area contributed by atoms with Crippen molar-refractivity contribution in [2.75, 3.05) is 26.2 Å². The van der Waals surface area contributed by atoms with Gasteiger partial charge in [-0.3, -0.25) is 9.69 Å². The summed E-state index contributed by atoms with van der Waals surface area (Å²) >= 11 is 1.69. The van der Waals surface area contributed by atoms with Crippen LogP contribution in [0.1, 0.15) is 38.4 Å². The van der Waals surface area contributed by atoms with E-state index in [4.69, 9.17) is 4.42 Å². The number of carbonyl (C=O) groups excluding carboxylic acids is 1. The Morgan fingerprint density at radius 1 is 1.09 bits per heavy atom. The third-order valence-corrected chi connectivity index (χ3v) is 6.64. The van der Waals surface area contributed by atoms with Gasteiger partial charge in [0.15, 0.2) is 11.6 Å². The van der Waals surface area contributed by atoms with Crippen LogP contribution >= 0.6 is 11.3 Å². The second kappa shape index (κ2) is 9.05. The van der Waals surface area contributed by atoms with E-state index in [-0.39, 0.29) is 11.9 Å².